The number of aromatic nitrogens is 2. The fourth-order valence-corrected chi connectivity index (χ4v) is 2.88. The predicted octanol–water partition coefficient (Wildman–Crippen LogP) is 4.45. The fraction of sp³-hybridized carbons (Fsp3) is 0.333. The summed E-state index contributed by atoms with van der Waals surface area (Å²) in [6, 6.07) is 6.06. The SMILES string of the molecule is CCCc1nc(-c2ccc3c(c2)CCO3)nc(Cl)c1Br. The molecular weight excluding hydrogens is 340 g/mol. The summed E-state index contributed by atoms with van der Waals surface area (Å²) in [5, 5.41) is 0.468. The molecule has 0 atom stereocenters. The van der Waals surface area contributed by atoms with Gasteiger partial charge in [-0.15, -0.1) is 0 Å². The maximum atomic E-state index is 6.20. The smallest absolute Gasteiger partial charge is 0.161 e. The van der Waals surface area contributed by atoms with Crippen molar-refractivity contribution in [1.82, 2.24) is 9.97 Å². The monoisotopic (exact) mass is 352 g/mol. The number of halogens is 2. The molecule has 0 unspecified atom stereocenters. The van der Waals surface area contributed by atoms with Crippen LogP contribution >= 0.6 is 27.5 Å². The van der Waals surface area contributed by atoms with Gasteiger partial charge in [-0.1, -0.05) is 24.9 Å². The summed E-state index contributed by atoms with van der Waals surface area (Å²) >= 11 is 9.66. The van der Waals surface area contributed by atoms with Gasteiger partial charge < -0.3 is 4.74 Å². The third-order valence-electron chi connectivity index (χ3n) is 3.31. The van der Waals surface area contributed by atoms with Crippen LogP contribution in [0.5, 0.6) is 5.75 Å². The number of hydrogen-bond donors (Lipinski definition) is 0. The molecule has 0 saturated carbocycles. The van der Waals surface area contributed by atoms with Crippen molar-refractivity contribution in [3.63, 3.8) is 0 Å². The summed E-state index contributed by atoms with van der Waals surface area (Å²) in [7, 11) is 0. The first-order chi connectivity index (χ1) is 9.69. The van der Waals surface area contributed by atoms with Gasteiger partial charge in [0, 0.05) is 12.0 Å². The maximum absolute atomic E-state index is 6.20. The Labute approximate surface area is 131 Å². The molecule has 3 nitrogen and oxygen atoms in total. The topological polar surface area (TPSA) is 35.0 Å². The van der Waals surface area contributed by atoms with Gasteiger partial charge in [-0.25, -0.2) is 9.97 Å². The van der Waals surface area contributed by atoms with E-state index in [0.29, 0.717) is 11.0 Å². The van der Waals surface area contributed by atoms with E-state index in [9.17, 15) is 0 Å². The molecule has 1 aliphatic rings. The Bertz CT molecular complexity index is 661. The Kier molecular flexibility index (Phi) is 3.94. The zero-order valence-corrected chi connectivity index (χ0v) is 13.5. The molecule has 1 aromatic heterocycles. The van der Waals surface area contributed by atoms with Crippen LogP contribution in [-0.4, -0.2) is 16.6 Å². The van der Waals surface area contributed by atoms with Gasteiger partial charge in [0.05, 0.1) is 16.8 Å². The van der Waals surface area contributed by atoms with Crippen LogP contribution < -0.4 is 4.74 Å². The van der Waals surface area contributed by atoms with Crippen molar-refractivity contribution in [2.75, 3.05) is 6.61 Å². The van der Waals surface area contributed by atoms with Crippen LogP contribution in [0.1, 0.15) is 24.6 Å². The fourth-order valence-electron chi connectivity index (χ4n) is 2.32. The van der Waals surface area contributed by atoms with Crippen molar-refractivity contribution >= 4 is 27.5 Å². The Morgan fingerprint density at radius 3 is 3.00 bits per heavy atom. The lowest BCUT2D eigenvalue weighted by Crippen LogP contribution is -1.98. The van der Waals surface area contributed by atoms with E-state index in [1.807, 2.05) is 12.1 Å². The van der Waals surface area contributed by atoms with Crippen LogP contribution in [0.15, 0.2) is 22.7 Å². The number of aryl methyl sites for hydroxylation is 1. The third kappa shape index (κ3) is 2.54. The molecule has 2 heterocycles. The number of ether oxygens (including phenoxy) is 1. The summed E-state index contributed by atoms with van der Waals surface area (Å²) in [6.07, 6.45) is 2.84. The number of benzene rings is 1. The summed E-state index contributed by atoms with van der Waals surface area (Å²) in [5.41, 5.74) is 3.16. The van der Waals surface area contributed by atoms with Gasteiger partial charge in [0.2, 0.25) is 0 Å². The quantitative estimate of drug-likeness (QED) is 0.765. The first kappa shape index (κ1) is 13.8. The molecule has 0 bridgehead atoms. The molecule has 0 N–H and O–H groups in total. The highest BCUT2D eigenvalue weighted by atomic mass is 79.9. The van der Waals surface area contributed by atoms with E-state index in [4.69, 9.17) is 16.3 Å². The van der Waals surface area contributed by atoms with Crippen LogP contribution in [0, 0.1) is 0 Å². The highest BCUT2D eigenvalue weighted by Crippen LogP contribution is 2.32. The molecular formula is C15H14BrClN2O. The lowest BCUT2D eigenvalue weighted by Gasteiger charge is -2.08. The largest absolute Gasteiger partial charge is 0.493 e. The van der Waals surface area contributed by atoms with Gasteiger partial charge >= 0.3 is 0 Å². The molecule has 0 spiro atoms. The normalized spacial score (nSPS) is 13.2. The van der Waals surface area contributed by atoms with E-state index >= 15 is 0 Å². The van der Waals surface area contributed by atoms with Gasteiger partial charge in [-0.05, 0) is 46.1 Å². The van der Waals surface area contributed by atoms with Gasteiger partial charge in [0.1, 0.15) is 10.9 Å². The molecule has 1 aliphatic heterocycles. The summed E-state index contributed by atoms with van der Waals surface area (Å²) in [4.78, 5) is 9.01. The molecule has 0 radical (unpaired) electrons. The molecule has 2 aromatic rings. The number of hydrogen-bond acceptors (Lipinski definition) is 3. The van der Waals surface area contributed by atoms with Crippen molar-refractivity contribution in [2.45, 2.75) is 26.2 Å². The third-order valence-corrected chi connectivity index (χ3v) is 4.65. The van der Waals surface area contributed by atoms with Gasteiger partial charge in [0.15, 0.2) is 5.82 Å². The van der Waals surface area contributed by atoms with E-state index in [2.05, 4.69) is 38.9 Å². The minimum Gasteiger partial charge on any atom is -0.493 e. The highest BCUT2D eigenvalue weighted by molar-refractivity contribution is 9.10. The number of fused-ring (bicyclic) bond motifs is 1. The number of rotatable bonds is 3. The Morgan fingerprint density at radius 2 is 2.20 bits per heavy atom. The number of nitrogens with zero attached hydrogens (tertiary/aromatic N) is 2. The standard InChI is InChI=1S/C15H14BrClN2O/c1-2-3-11-13(16)14(17)19-15(18-11)10-4-5-12-9(8-10)6-7-20-12/h4-5,8H,2-3,6-7H2,1H3. The van der Waals surface area contributed by atoms with Gasteiger partial charge in [0.25, 0.3) is 0 Å². The van der Waals surface area contributed by atoms with E-state index in [1.165, 1.54) is 5.56 Å². The summed E-state index contributed by atoms with van der Waals surface area (Å²) in [5.74, 6) is 1.64. The lowest BCUT2D eigenvalue weighted by molar-refractivity contribution is 0.357. The Balaban J connectivity index is 2.05. The van der Waals surface area contributed by atoms with Crippen molar-refractivity contribution in [1.29, 1.82) is 0 Å². The molecule has 20 heavy (non-hydrogen) atoms. The van der Waals surface area contributed by atoms with Gasteiger partial charge in [-0.2, -0.15) is 0 Å². The molecule has 0 amide bonds. The summed E-state index contributed by atoms with van der Waals surface area (Å²) in [6.45, 7) is 2.87. The molecule has 0 fully saturated rings. The van der Waals surface area contributed by atoms with Crippen molar-refractivity contribution in [3.05, 3.63) is 39.1 Å². The average Bonchev–Trinajstić information content (AvgIpc) is 2.91. The van der Waals surface area contributed by atoms with Crippen LogP contribution in [0.25, 0.3) is 11.4 Å². The second-order valence-electron chi connectivity index (χ2n) is 4.77. The Hall–Kier alpha value is -1.13. The van der Waals surface area contributed by atoms with E-state index in [0.717, 1.165) is 47.3 Å². The molecule has 104 valence electrons. The van der Waals surface area contributed by atoms with E-state index in [1.54, 1.807) is 0 Å². The van der Waals surface area contributed by atoms with Crippen LogP contribution in [-0.2, 0) is 12.8 Å². The first-order valence-corrected chi connectivity index (χ1v) is 7.84. The second kappa shape index (κ2) is 5.70. The minimum atomic E-state index is 0.468. The first-order valence-electron chi connectivity index (χ1n) is 6.67. The average molecular weight is 354 g/mol. The summed E-state index contributed by atoms with van der Waals surface area (Å²) < 4.78 is 6.32. The molecule has 0 saturated heterocycles. The zero-order chi connectivity index (χ0) is 14.1. The maximum Gasteiger partial charge on any atom is 0.161 e. The van der Waals surface area contributed by atoms with Crippen molar-refractivity contribution in [3.8, 4) is 17.1 Å². The Morgan fingerprint density at radius 1 is 1.35 bits per heavy atom. The van der Waals surface area contributed by atoms with Crippen LogP contribution in [0.3, 0.4) is 0 Å². The highest BCUT2D eigenvalue weighted by Gasteiger charge is 2.16. The van der Waals surface area contributed by atoms with E-state index in [-0.39, 0.29) is 0 Å². The molecule has 1 aromatic carbocycles. The van der Waals surface area contributed by atoms with Gasteiger partial charge in [-0.3, -0.25) is 0 Å². The minimum absolute atomic E-state index is 0.468. The zero-order valence-electron chi connectivity index (χ0n) is 11.1. The lowest BCUT2D eigenvalue weighted by atomic mass is 10.1. The predicted molar refractivity (Wildman–Crippen MR) is 83.4 cm³/mol. The second-order valence-corrected chi connectivity index (χ2v) is 5.92. The van der Waals surface area contributed by atoms with Crippen molar-refractivity contribution in [2.24, 2.45) is 0 Å². The van der Waals surface area contributed by atoms with Crippen LogP contribution in [0.2, 0.25) is 5.15 Å². The molecule has 3 rings (SSSR count). The molecule has 5 heteroatoms. The van der Waals surface area contributed by atoms with E-state index < -0.39 is 0 Å². The van der Waals surface area contributed by atoms with Crippen molar-refractivity contribution < 1.29 is 4.74 Å². The molecule has 0 aliphatic carbocycles. The van der Waals surface area contributed by atoms with Crippen LogP contribution in [0.4, 0.5) is 0 Å².